The molecule has 1 heterocycles. The molecule has 1 aliphatic carbocycles. The molecule has 0 aliphatic heterocycles. The maximum Gasteiger partial charge on any atom is 0.433 e. The second kappa shape index (κ2) is 10.6. The van der Waals surface area contributed by atoms with Gasteiger partial charge in [-0.2, -0.15) is 13.2 Å². The Labute approximate surface area is 207 Å². The van der Waals surface area contributed by atoms with E-state index in [0.29, 0.717) is 17.4 Å². The molecule has 3 aromatic rings. The fourth-order valence-corrected chi connectivity index (χ4v) is 4.60. The molecule has 1 amide bonds. The van der Waals surface area contributed by atoms with Gasteiger partial charge in [-0.05, 0) is 67.6 Å². The lowest BCUT2D eigenvalue weighted by Gasteiger charge is -2.32. The van der Waals surface area contributed by atoms with E-state index >= 15 is 0 Å². The Morgan fingerprint density at radius 3 is 2.67 bits per heavy atom. The zero-order chi connectivity index (χ0) is 25.9. The Kier molecular flexibility index (Phi) is 7.56. The van der Waals surface area contributed by atoms with E-state index in [1.807, 2.05) is 25.1 Å². The van der Waals surface area contributed by atoms with Crippen molar-refractivity contribution in [1.29, 1.82) is 0 Å². The summed E-state index contributed by atoms with van der Waals surface area (Å²) in [6.45, 7) is 0. The van der Waals surface area contributed by atoms with Crippen LogP contribution in [0.4, 0.5) is 28.9 Å². The molecule has 4 rings (SSSR count). The second-order valence-electron chi connectivity index (χ2n) is 9.31. The summed E-state index contributed by atoms with van der Waals surface area (Å²) < 4.78 is 54.3. The molecule has 0 radical (unpaired) electrons. The number of benzene rings is 2. The van der Waals surface area contributed by atoms with Crippen molar-refractivity contribution in [3.05, 3.63) is 65.6 Å². The number of hydrogen-bond donors (Lipinski definition) is 1. The molecular weight excluding hydrogens is 472 g/mol. The number of pyridine rings is 1. The molecule has 0 bridgehead atoms. The first-order valence-corrected chi connectivity index (χ1v) is 11.9. The van der Waals surface area contributed by atoms with E-state index in [0.717, 1.165) is 43.5 Å². The minimum absolute atomic E-state index is 0.0644. The van der Waals surface area contributed by atoms with E-state index in [4.69, 9.17) is 0 Å². The quantitative estimate of drug-likeness (QED) is 0.301. The first-order valence-electron chi connectivity index (χ1n) is 11.9. The molecule has 1 fully saturated rings. The highest BCUT2D eigenvalue weighted by Crippen LogP contribution is 2.36. The fraction of sp³-hybridized carbons (Fsp3) is 0.370. The lowest BCUT2D eigenvalue weighted by molar-refractivity contribution is -0.140. The van der Waals surface area contributed by atoms with Gasteiger partial charge in [0.25, 0.3) is 5.91 Å². The van der Waals surface area contributed by atoms with Crippen LogP contribution in [0.5, 0.6) is 0 Å². The first kappa shape index (κ1) is 25.6. The monoisotopic (exact) mass is 500 g/mol. The molecule has 36 heavy (non-hydrogen) atoms. The standard InChI is InChI=1S/C27H28F4N4O/c1-35(2)20-8-5-7-18(14-20)26(36)32-13-12-17-6-3-4-9-22(17)33-24-16-25(27(29,30)31)34-23-11-10-19(28)15-21(23)24/h5,7-8,10-11,13-17,22H,3-4,6,9,12H2,1-2H3,(H,33,34)/b32-13-. The summed E-state index contributed by atoms with van der Waals surface area (Å²) in [5.41, 5.74) is 0.640. The summed E-state index contributed by atoms with van der Waals surface area (Å²) in [4.78, 5) is 22.3. The average Bonchev–Trinajstić information content (AvgIpc) is 2.84. The Bertz CT molecular complexity index is 1270. The third-order valence-corrected chi connectivity index (χ3v) is 6.54. The van der Waals surface area contributed by atoms with Crippen molar-refractivity contribution >= 4 is 34.4 Å². The van der Waals surface area contributed by atoms with Crippen LogP contribution in [0.15, 0.2) is 53.5 Å². The van der Waals surface area contributed by atoms with Crippen molar-refractivity contribution < 1.29 is 22.4 Å². The highest BCUT2D eigenvalue weighted by molar-refractivity contribution is 5.99. The molecule has 0 spiro atoms. The number of amides is 1. The SMILES string of the molecule is CN(C)c1cccc(C(=O)/N=C\CC2CCCCC2Nc2cc(C(F)(F)F)nc3ccc(F)cc23)c1. The fourth-order valence-electron chi connectivity index (χ4n) is 4.60. The Hall–Kier alpha value is -3.49. The van der Waals surface area contributed by atoms with Crippen LogP contribution in [0.1, 0.15) is 48.2 Å². The van der Waals surface area contributed by atoms with Crippen LogP contribution in [0.3, 0.4) is 0 Å². The maximum atomic E-state index is 13.9. The summed E-state index contributed by atoms with van der Waals surface area (Å²) in [7, 11) is 3.78. The number of nitrogens with one attached hydrogen (secondary N) is 1. The lowest BCUT2D eigenvalue weighted by atomic mass is 9.82. The van der Waals surface area contributed by atoms with Gasteiger partial charge in [0.2, 0.25) is 0 Å². The number of aliphatic imine (C=N–C) groups is 1. The molecule has 5 nitrogen and oxygen atoms in total. The predicted molar refractivity (Wildman–Crippen MR) is 134 cm³/mol. The predicted octanol–water partition coefficient (Wildman–Crippen LogP) is 6.73. The second-order valence-corrected chi connectivity index (χ2v) is 9.31. The van der Waals surface area contributed by atoms with Crippen LogP contribution in [0, 0.1) is 11.7 Å². The van der Waals surface area contributed by atoms with Crippen LogP contribution in [0.25, 0.3) is 10.9 Å². The van der Waals surface area contributed by atoms with Gasteiger partial charge in [-0.1, -0.05) is 18.9 Å². The van der Waals surface area contributed by atoms with Crippen LogP contribution in [-0.2, 0) is 6.18 Å². The van der Waals surface area contributed by atoms with Gasteiger partial charge in [0.05, 0.1) is 5.52 Å². The number of anilines is 2. The number of hydrogen-bond acceptors (Lipinski definition) is 4. The third kappa shape index (κ3) is 6.01. The number of rotatable bonds is 6. The molecule has 9 heteroatoms. The van der Waals surface area contributed by atoms with Gasteiger partial charge in [-0.15, -0.1) is 0 Å². The van der Waals surface area contributed by atoms with E-state index in [-0.39, 0.29) is 29.1 Å². The van der Waals surface area contributed by atoms with Gasteiger partial charge < -0.3 is 10.2 Å². The van der Waals surface area contributed by atoms with Crippen LogP contribution < -0.4 is 10.2 Å². The Morgan fingerprint density at radius 1 is 1.14 bits per heavy atom. The summed E-state index contributed by atoms with van der Waals surface area (Å²) >= 11 is 0. The summed E-state index contributed by atoms with van der Waals surface area (Å²) in [6, 6.07) is 11.5. The number of fused-ring (bicyclic) bond motifs is 1. The molecule has 0 saturated heterocycles. The van der Waals surface area contributed by atoms with E-state index < -0.39 is 17.7 Å². The minimum atomic E-state index is -4.62. The van der Waals surface area contributed by atoms with Crippen molar-refractivity contribution in [3.8, 4) is 0 Å². The normalized spacial score (nSPS) is 18.5. The molecule has 1 aliphatic rings. The number of carbonyl (C=O) groups excluding carboxylic acids is 1. The molecule has 190 valence electrons. The highest BCUT2D eigenvalue weighted by atomic mass is 19.4. The van der Waals surface area contributed by atoms with Gasteiger partial charge in [0.15, 0.2) is 0 Å². The highest BCUT2D eigenvalue weighted by Gasteiger charge is 2.34. The maximum absolute atomic E-state index is 13.9. The van der Waals surface area contributed by atoms with Gasteiger partial charge in [-0.25, -0.2) is 14.4 Å². The summed E-state index contributed by atoms with van der Waals surface area (Å²) in [5.74, 6) is -0.824. The number of nitrogens with zero attached hydrogens (tertiary/aromatic N) is 3. The van der Waals surface area contributed by atoms with Crippen molar-refractivity contribution in [3.63, 3.8) is 0 Å². The molecule has 1 N–H and O–H groups in total. The zero-order valence-corrected chi connectivity index (χ0v) is 20.1. The third-order valence-electron chi connectivity index (χ3n) is 6.54. The molecule has 2 atom stereocenters. The van der Waals surface area contributed by atoms with Gasteiger partial charge in [0, 0.05) is 48.7 Å². The van der Waals surface area contributed by atoms with Crippen LogP contribution in [-0.4, -0.2) is 37.2 Å². The topological polar surface area (TPSA) is 57.6 Å². The first-order chi connectivity index (χ1) is 17.1. The molecule has 2 unspecified atom stereocenters. The minimum Gasteiger partial charge on any atom is -0.381 e. The van der Waals surface area contributed by atoms with Crippen molar-refractivity contribution in [2.45, 2.75) is 44.3 Å². The van der Waals surface area contributed by atoms with E-state index in [1.54, 1.807) is 24.4 Å². The summed E-state index contributed by atoms with van der Waals surface area (Å²) in [5, 5.41) is 3.55. The van der Waals surface area contributed by atoms with Crippen molar-refractivity contribution in [1.82, 2.24) is 4.98 Å². The van der Waals surface area contributed by atoms with Crippen molar-refractivity contribution in [2.75, 3.05) is 24.3 Å². The number of carbonyl (C=O) groups is 1. The lowest BCUT2D eigenvalue weighted by Crippen LogP contribution is -2.32. The van der Waals surface area contributed by atoms with Crippen LogP contribution in [0.2, 0.25) is 0 Å². The zero-order valence-electron chi connectivity index (χ0n) is 20.1. The molecular formula is C27H28F4N4O. The van der Waals surface area contributed by atoms with Gasteiger partial charge in [-0.3, -0.25) is 4.79 Å². The number of aromatic nitrogens is 1. The van der Waals surface area contributed by atoms with E-state index in [1.165, 1.54) is 12.1 Å². The average molecular weight is 501 g/mol. The largest absolute Gasteiger partial charge is 0.433 e. The number of halogens is 4. The van der Waals surface area contributed by atoms with E-state index in [2.05, 4.69) is 15.3 Å². The molecule has 1 saturated carbocycles. The van der Waals surface area contributed by atoms with Crippen LogP contribution >= 0.6 is 0 Å². The number of alkyl halides is 3. The Morgan fingerprint density at radius 2 is 1.92 bits per heavy atom. The Balaban J connectivity index is 1.53. The smallest absolute Gasteiger partial charge is 0.381 e. The molecule has 1 aromatic heterocycles. The van der Waals surface area contributed by atoms with Gasteiger partial charge >= 0.3 is 6.18 Å². The van der Waals surface area contributed by atoms with Crippen molar-refractivity contribution in [2.24, 2.45) is 10.9 Å². The summed E-state index contributed by atoms with van der Waals surface area (Å²) in [6.07, 6.45) is 0.971. The van der Waals surface area contributed by atoms with E-state index in [9.17, 15) is 22.4 Å². The molecule has 2 aromatic carbocycles. The van der Waals surface area contributed by atoms with Gasteiger partial charge in [0.1, 0.15) is 11.5 Å².